The summed E-state index contributed by atoms with van der Waals surface area (Å²) in [6, 6.07) is 0. The van der Waals surface area contributed by atoms with E-state index in [1.165, 1.54) is 0 Å². The van der Waals surface area contributed by atoms with Gasteiger partial charge >= 0.3 is 0 Å². The predicted octanol–water partition coefficient (Wildman–Crippen LogP) is 1.50. The molecule has 0 saturated heterocycles. The zero-order chi connectivity index (χ0) is 6.53. The SMILES string of the molecule is [CH2]CCCn1ccnc1. The zero-order valence-electron chi connectivity index (χ0n) is 5.45. The van der Waals surface area contributed by atoms with E-state index < -0.39 is 0 Å². The number of imidazole rings is 1. The molecule has 0 N–H and O–H groups in total. The molecule has 0 aliphatic rings. The lowest BCUT2D eigenvalue weighted by Crippen LogP contribution is -1.92. The second-order valence-corrected chi connectivity index (χ2v) is 2.01. The summed E-state index contributed by atoms with van der Waals surface area (Å²) in [6.07, 6.45) is 7.73. The van der Waals surface area contributed by atoms with Crippen molar-refractivity contribution < 1.29 is 0 Å². The van der Waals surface area contributed by atoms with Crippen LogP contribution in [0.2, 0.25) is 0 Å². The third-order valence-corrected chi connectivity index (χ3v) is 1.23. The lowest BCUT2D eigenvalue weighted by atomic mass is 10.3. The van der Waals surface area contributed by atoms with Crippen LogP contribution in [-0.2, 0) is 6.54 Å². The number of rotatable bonds is 3. The van der Waals surface area contributed by atoms with Gasteiger partial charge in [0.2, 0.25) is 0 Å². The van der Waals surface area contributed by atoms with Gasteiger partial charge in [-0.2, -0.15) is 0 Å². The highest BCUT2D eigenvalue weighted by Crippen LogP contribution is 1.92. The molecular weight excluding hydrogens is 112 g/mol. The average Bonchev–Trinajstić information content (AvgIpc) is 2.34. The quantitative estimate of drug-likeness (QED) is 0.595. The van der Waals surface area contributed by atoms with Crippen LogP contribution in [0.15, 0.2) is 18.7 Å². The molecule has 0 aromatic carbocycles. The molecule has 49 valence electrons. The molecule has 0 aliphatic heterocycles. The Labute approximate surface area is 55.5 Å². The molecular formula is C7H11N2. The van der Waals surface area contributed by atoms with E-state index in [4.69, 9.17) is 0 Å². The number of hydrogen-bond acceptors (Lipinski definition) is 1. The van der Waals surface area contributed by atoms with Crippen LogP contribution in [0.4, 0.5) is 0 Å². The lowest BCUT2D eigenvalue weighted by molar-refractivity contribution is 0.648. The van der Waals surface area contributed by atoms with Gasteiger partial charge in [0, 0.05) is 18.9 Å². The standard InChI is InChI=1S/C7H11N2/c1-2-3-5-9-6-4-8-7-9/h4,6-7H,1-3,5H2. The molecule has 0 bridgehead atoms. The van der Waals surface area contributed by atoms with E-state index in [0.29, 0.717) is 0 Å². The summed E-state index contributed by atoms with van der Waals surface area (Å²) >= 11 is 0. The molecule has 0 spiro atoms. The number of unbranched alkanes of at least 4 members (excludes halogenated alkanes) is 1. The van der Waals surface area contributed by atoms with Crippen LogP contribution >= 0.6 is 0 Å². The maximum atomic E-state index is 3.92. The maximum Gasteiger partial charge on any atom is 0.0945 e. The molecule has 0 unspecified atom stereocenters. The third kappa shape index (κ3) is 1.88. The van der Waals surface area contributed by atoms with Gasteiger partial charge in [-0.3, -0.25) is 0 Å². The van der Waals surface area contributed by atoms with Gasteiger partial charge in [-0.05, 0) is 6.42 Å². The van der Waals surface area contributed by atoms with Crippen LogP contribution in [0.25, 0.3) is 0 Å². The van der Waals surface area contributed by atoms with Gasteiger partial charge in [-0.25, -0.2) is 4.98 Å². The summed E-state index contributed by atoms with van der Waals surface area (Å²) in [4.78, 5) is 3.92. The molecule has 1 aromatic rings. The van der Waals surface area contributed by atoms with E-state index in [0.717, 1.165) is 19.4 Å². The Morgan fingerprint density at radius 1 is 1.56 bits per heavy atom. The first-order valence-electron chi connectivity index (χ1n) is 3.18. The van der Waals surface area contributed by atoms with Crippen LogP contribution in [0.1, 0.15) is 12.8 Å². The van der Waals surface area contributed by atoms with Crippen molar-refractivity contribution >= 4 is 0 Å². The van der Waals surface area contributed by atoms with Gasteiger partial charge in [0.15, 0.2) is 0 Å². The number of nitrogens with zero attached hydrogens (tertiary/aromatic N) is 2. The first kappa shape index (κ1) is 6.33. The van der Waals surface area contributed by atoms with Gasteiger partial charge in [0.05, 0.1) is 6.33 Å². The minimum Gasteiger partial charge on any atom is -0.337 e. The van der Waals surface area contributed by atoms with Gasteiger partial charge in [0.25, 0.3) is 0 Å². The van der Waals surface area contributed by atoms with Crippen molar-refractivity contribution in [3.63, 3.8) is 0 Å². The van der Waals surface area contributed by atoms with Crippen LogP contribution in [0, 0.1) is 6.92 Å². The van der Waals surface area contributed by atoms with Gasteiger partial charge in [-0.15, -0.1) is 0 Å². The summed E-state index contributed by atoms with van der Waals surface area (Å²) in [5, 5.41) is 0. The minimum absolute atomic E-state index is 0.998. The molecule has 2 nitrogen and oxygen atoms in total. The van der Waals surface area contributed by atoms with Gasteiger partial charge in [0.1, 0.15) is 0 Å². The van der Waals surface area contributed by atoms with Gasteiger partial charge in [-0.1, -0.05) is 13.3 Å². The summed E-state index contributed by atoms with van der Waals surface area (Å²) in [7, 11) is 0. The second-order valence-electron chi connectivity index (χ2n) is 2.01. The molecule has 0 aliphatic carbocycles. The first-order valence-corrected chi connectivity index (χ1v) is 3.18. The van der Waals surface area contributed by atoms with E-state index in [1.807, 2.05) is 12.5 Å². The molecule has 1 aromatic heterocycles. The molecule has 0 saturated carbocycles. The molecule has 0 amide bonds. The summed E-state index contributed by atoms with van der Waals surface area (Å²) in [6.45, 7) is 4.80. The Bertz CT molecular complexity index is 144. The molecule has 1 rings (SSSR count). The van der Waals surface area contributed by atoms with Crippen molar-refractivity contribution in [2.45, 2.75) is 19.4 Å². The Kier molecular flexibility index (Phi) is 2.31. The van der Waals surface area contributed by atoms with E-state index >= 15 is 0 Å². The van der Waals surface area contributed by atoms with Crippen molar-refractivity contribution in [1.29, 1.82) is 0 Å². The van der Waals surface area contributed by atoms with Gasteiger partial charge < -0.3 is 4.57 Å². The topological polar surface area (TPSA) is 17.8 Å². The Morgan fingerprint density at radius 3 is 3.00 bits per heavy atom. The molecule has 0 atom stereocenters. The normalized spacial score (nSPS) is 9.89. The van der Waals surface area contributed by atoms with E-state index in [2.05, 4.69) is 16.5 Å². The second kappa shape index (κ2) is 3.28. The maximum absolute atomic E-state index is 3.92. The van der Waals surface area contributed by atoms with E-state index in [9.17, 15) is 0 Å². The van der Waals surface area contributed by atoms with Crippen molar-refractivity contribution in [3.05, 3.63) is 25.6 Å². The fourth-order valence-corrected chi connectivity index (χ4v) is 0.713. The van der Waals surface area contributed by atoms with Crippen LogP contribution in [0.5, 0.6) is 0 Å². The summed E-state index contributed by atoms with van der Waals surface area (Å²) in [5.74, 6) is 0. The fraction of sp³-hybridized carbons (Fsp3) is 0.429. The smallest absolute Gasteiger partial charge is 0.0945 e. The number of aryl methyl sites for hydroxylation is 1. The Hall–Kier alpha value is -0.790. The minimum atomic E-state index is 0.998. The Balaban J connectivity index is 2.30. The average molecular weight is 123 g/mol. The summed E-state index contributed by atoms with van der Waals surface area (Å²) < 4.78 is 2.06. The zero-order valence-corrected chi connectivity index (χ0v) is 5.45. The number of hydrogen-bond donors (Lipinski definition) is 0. The van der Waals surface area contributed by atoms with Crippen LogP contribution < -0.4 is 0 Å². The van der Waals surface area contributed by atoms with Crippen molar-refractivity contribution in [2.24, 2.45) is 0 Å². The van der Waals surface area contributed by atoms with Crippen molar-refractivity contribution in [2.75, 3.05) is 0 Å². The van der Waals surface area contributed by atoms with E-state index in [-0.39, 0.29) is 0 Å². The fourth-order valence-electron chi connectivity index (χ4n) is 0.713. The molecule has 1 heterocycles. The first-order chi connectivity index (χ1) is 4.43. The highest BCUT2D eigenvalue weighted by Gasteiger charge is 1.85. The summed E-state index contributed by atoms with van der Waals surface area (Å²) in [5.41, 5.74) is 0. The highest BCUT2D eigenvalue weighted by atomic mass is 15.0. The van der Waals surface area contributed by atoms with Crippen molar-refractivity contribution in [1.82, 2.24) is 9.55 Å². The third-order valence-electron chi connectivity index (χ3n) is 1.23. The molecule has 0 fully saturated rings. The van der Waals surface area contributed by atoms with E-state index in [1.54, 1.807) is 6.20 Å². The largest absolute Gasteiger partial charge is 0.337 e. The predicted molar refractivity (Wildman–Crippen MR) is 36.8 cm³/mol. The molecule has 1 radical (unpaired) electrons. The lowest BCUT2D eigenvalue weighted by Gasteiger charge is -1.96. The van der Waals surface area contributed by atoms with Crippen molar-refractivity contribution in [3.8, 4) is 0 Å². The number of aromatic nitrogens is 2. The van der Waals surface area contributed by atoms with Crippen LogP contribution in [-0.4, -0.2) is 9.55 Å². The monoisotopic (exact) mass is 123 g/mol. The Morgan fingerprint density at radius 2 is 2.44 bits per heavy atom. The highest BCUT2D eigenvalue weighted by molar-refractivity contribution is 4.73. The molecule has 2 heteroatoms. The molecule has 9 heavy (non-hydrogen) atoms. The van der Waals surface area contributed by atoms with Crippen LogP contribution in [0.3, 0.4) is 0 Å².